The maximum absolute atomic E-state index is 10.2. The van der Waals surface area contributed by atoms with Crippen LogP contribution in [-0.2, 0) is 0 Å². The molecule has 3 heteroatoms. The Morgan fingerprint density at radius 1 is 1.80 bits per heavy atom. The van der Waals surface area contributed by atoms with Gasteiger partial charge in [-0.05, 0) is 24.8 Å². The van der Waals surface area contributed by atoms with E-state index in [0.717, 1.165) is 12.8 Å². The maximum atomic E-state index is 10.2. The summed E-state index contributed by atoms with van der Waals surface area (Å²) in [7, 11) is 0. The summed E-state index contributed by atoms with van der Waals surface area (Å²) in [6.45, 7) is 1.82. The Labute approximate surface area is 59.9 Å². The van der Waals surface area contributed by atoms with Crippen molar-refractivity contribution in [2.24, 2.45) is 5.92 Å². The topological polar surface area (TPSA) is 43.1 Å². The highest BCUT2D eigenvalue weighted by atomic mass is 16.6. The second-order valence-electron chi connectivity index (χ2n) is 2.61. The number of allylic oxidation sites excluding steroid dienone is 2. The second kappa shape index (κ2) is 2.82. The summed E-state index contributed by atoms with van der Waals surface area (Å²) in [5, 5.41) is 10.2. The van der Waals surface area contributed by atoms with E-state index in [-0.39, 0.29) is 4.92 Å². The zero-order valence-corrected chi connectivity index (χ0v) is 6.04. The lowest BCUT2D eigenvalue weighted by Crippen LogP contribution is -1.96. The lowest BCUT2D eigenvalue weighted by atomic mass is 10.3. The largest absolute Gasteiger partial charge is 0.259 e. The predicted octanol–water partition coefficient (Wildman–Crippen LogP) is 1.97. The lowest BCUT2D eigenvalue weighted by Gasteiger charge is -1.90. The molecule has 0 saturated heterocycles. The van der Waals surface area contributed by atoms with E-state index in [1.165, 1.54) is 0 Å². The van der Waals surface area contributed by atoms with Crippen LogP contribution in [-0.4, -0.2) is 4.92 Å². The molecule has 10 heavy (non-hydrogen) atoms. The van der Waals surface area contributed by atoms with E-state index in [1.807, 2.05) is 6.92 Å². The molecule has 1 fully saturated rings. The molecule has 0 N–H and O–H groups in total. The van der Waals surface area contributed by atoms with Crippen molar-refractivity contribution < 1.29 is 4.92 Å². The molecule has 1 aliphatic rings. The fourth-order valence-electron chi connectivity index (χ4n) is 0.843. The summed E-state index contributed by atoms with van der Waals surface area (Å²) in [6, 6.07) is 0. The molecule has 3 nitrogen and oxygen atoms in total. The molecule has 0 unspecified atom stereocenters. The summed E-state index contributed by atoms with van der Waals surface area (Å²) in [5.74, 6) is 0.514. The van der Waals surface area contributed by atoms with Gasteiger partial charge in [0, 0.05) is 6.42 Å². The summed E-state index contributed by atoms with van der Waals surface area (Å²) in [5.41, 5.74) is 0.377. The van der Waals surface area contributed by atoms with Crippen LogP contribution in [0.25, 0.3) is 0 Å². The molecule has 1 aliphatic carbocycles. The van der Waals surface area contributed by atoms with Crippen molar-refractivity contribution in [1.29, 1.82) is 0 Å². The predicted molar refractivity (Wildman–Crippen MR) is 38.1 cm³/mol. The summed E-state index contributed by atoms with van der Waals surface area (Å²) in [4.78, 5) is 9.95. The van der Waals surface area contributed by atoms with Crippen molar-refractivity contribution in [2.45, 2.75) is 26.2 Å². The number of hydrogen-bond acceptors (Lipinski definition) is 2. The smallest absolute Gasteiger partial charge is 0.242 e. The van der Waals surface area contributed by atoms with E-state index >= 15 is 0 Å². The van der Waals surface area contributed by atoms with Crippen LogP contribution < -0.4 is 0 Å². The fraction of sp³-hybridized carbons (Fsp3) is 0.714. The van der Waals surface area contributed by atoms with Gasteiger partial charge in [0.2, 0.25) is 5.70 Å². The van der Waals surface area contributed by atoms with Gasteiger partial charge in [-0.1, -0.05) is 6.92 Å². The first-order valence-electron chi connectivity index (χ1n) is 3.59. The van der Waals surface area contributed by atoms with Gasteiger partial charge in [0.15, 0.2) is 0 Å². The second-order valence-corrected chi connectivity index (χ2v) is 2.61. The van der Waals surface area contributed by atoms with Crippen LogP contribution in [0.5, 0.6) is 0 Å². The molecule has 0 bridgehead atoms. The van der Waals surface area contributed by atoms with Gasteiger partial charge in [-0.15, -0.1) is 0 Å². The highest BCUT2D eigenvalue weighted by molar-refractivity contribution is 5.00. The highest BCUT2D eigenvalue weighted by Crippen LogP contribution is 2.31. The van der Waals surface area contributed by atoms with Crippen LogP contribution in [0.4, 0.5) is 0 Å². The van der Waals surface area contributed by atoms with Crippen molar-refractivity contribution in [1.82, 2.24) is 0 Å². The molecule has 0 heterocycles. The number of nitro groups is 1. The zero-order chi connectivity index (χ0) is 7.56. The van der Waals surface area contributed by atoms with Gasteiger partial charge in [-0.2, -0.15) is 0 Å². The third-order valence-electron chi connectivity index (χ3n) is 1.65. The number of nitrogens with zero attached hydrogens (tertiary/aromatic N) is 1. The van der Waals surface area contributed by atoms with Crippen LogP contribution in [0.2, 0.25) is 0 Å². The Hall–Kier alpha value is -0.860. The Balaban J connectivity index is 2.52. The highest BCUT2D eigenvalue weighted by Gasteiger charge is 2.22. The van der Waals surface area contributed by atoms with Gasteiger partial charge in [0.25, 0.3) is 0 Å². The quantitative estimate of drug-likeness (QED) is 0.445. The van der Waals surface area contributed by atoms with Crippen molar-refractivity contribution >= 4 is 0 Å². The average Bonchev–Trinajstić information content (AvgIpc) is 2.64. The first-order valence-corrected chi connectivity index (χ1v) is 3.59. The van der Waals surface area contributed by atoms with Crippen LogP contribution >= 0.6 is 0 Å². The fourth-order valence-corrected chi connectivity index (χ4v) is 0.843. The molecule has 0 aliphatic heterocycles. The van der Waals surface area contributed by atoms with E-state index in [2.05, 4.69) is 0 Å². The third kappa shape index (κ3) is 1.83. The van der Waals surface area contributed by atoms with E-state index in [1.54, 1.807) is 6.08 Å². The molecule has 0 radical (unpaired) electrons. The van der Waals surface area contributed by atoms with Crippen molar-refractivity contribution in [2.75, 3.05) is 0 Å². The Morgan fingerprint density at radius 3 is 2.70 bits per heavy atom. The van der Waals surface area contributed by atoms with Gasteiger partial charge in [0.05, 0.1) is 4.92 Å². The average molecular weight is 141 g/mol. The standard InChI is InChI=1S/C7H11NO2/c1-2-7(8(9)10)5-6-3-4-6/h5-6H,2-4H2,1H3/b7-5+. The lowest BCUT2D eigenvalue weighted by molar-refractivity contribution is -0.427. The van der Waals surface area contributed by atoms with Crippen LogP contribution in [0.3, 0.4) is 0 Å². The van der Waals surface area contributed by atoms with Gasteiger partial charge < -0.3 is 0 Å². The molecule has 56 valence electrons. The first-order chi connectivity index (χ1) is 4.74. The van der Waals surface area contributed by atoms with E-state index in [0.29, 0.717) is 18.0 Å². The summed E-state index contributed by atoms with van der Waals surface area (Å²) in [6.07, 6.45) is 4.61. The monoisotopic (exact) mass is 141 g/mol. The molecule has 0 spiro atoms. The van der Waals surface area contributed by atoms with Crippen LogP contribution in [0.1, 0.15) is 26.2 Å². The molecule has 1 saturated carbocycles. The normalized spacial score (nSPS) is 19.1. The SMILES string of the molecule is CC/C(=C\C1CC1)[N+](=O)[O-]. The van der Waals surface area contributed by atoms with Crippen molar-refractivity contribution in [3.05, 3.63) is 21.9 Å². The van der Waals surface area contributed by atoms with Gasteiger partial charge in [-0.3, -0.25) is 10.1 Å². The molecular formula is C7H11NO2. The first kappa shape index (κ1) is 7.25. The number of rotatable bonds is 3. The van der Waals surface area contributed by atoms with Crippen LogP contribution in [0.15, 0.2) is 11.8 Å². The minimum absolute atomic E-state index is 0.279. The van der Waals surface area contributed by atoms with Gasteiger partial charge in [0.1, 0.15) is 0 Å². The maximum Gasteiger partial charge on any atom is 0.242 e. The van der Waals surface area contributed by atoms with Crippen molar-refractivity contribution in [3.8, 4) is 0 Å². The molecular weight excluding hydrogens is 130 g/mol. The molecule has 0 amide bonds. The van der Waals surface area contributed by atoms with E-state index < -0.39 is 0 Å². The summed E-state index contributed by atoms with van der Waals surface area (Å²) >= 11 is 0. The van der Waals surface area contributed by atoms with E-state index in [9.17, 15) is 10.1 Å². The molecule has 0 atom stereocenters. The van der Waals surface area contributed by atoms with Gasteiger partial charge in [-0.25, -0.2) is 0 Å². The van der Waals surface area contributed by atoms with Crippen molar-refractivity contribution in [3.63, 3.8) is 0 Å². The third-order valence-corrected chi connectivity index (χ3v) is 1.65. The Morgan fingerprint density at radius 2 is 2.40 bits per heavy atom. The molecule has 0 aromatic heterocycles. The summed E-state index contributed by atoms with van der Waals surface area (Å²) < 4.78 is 0. The zero-order valence-electron chi connectivity index (χ0n) is 6.04. The van der Waals surface area contributed by atoms with Crippen LogP contribution in [0, 0.1) is 16.0 Å². The Bertz CT molecular complexity index is 170. The minimum atomic E-state index is -0.279. The minimum Gasteiger partial charge on any atom is -0.259 e. The molecule has 0 aromatic carbocycles. The number of hydrogen-bond donors (Lipinski definition) is 0. The molecule has 0 aromatic rings. The Kier molecular flexibility index (Phi) is 2.04. The van der Waals surface area contributed by atoms with E-state index in [4.69, 9.17) is 0 Å². The van der Waals surface area contributed by atoms with Gasteiger partial charge >= 0.3 is 0 Å². The molecule has 1 rings (SSSR count).